The van der Waals surface area contributed by atoms with E-state index in [4.69, 9.17) is 5.73 Å². The van der Waals surface area contributed by atoms with Gasteiger partial charge in [-0.2, -0.15) is 23.7 Å². The monoisotopic (exact) mass is 344 g/mol. The van der Waals surface area contributed by atoms with Crippen LogP contribution in [0.2, 0.25) is 0 Å². The third kappa shape index (κ3) is 2.46. The zero-order valence-corrected chi connectivity index (χ0v) is 12.2. The largest absolute Gasteiger partial charge is 0.449 e. The molecule has 3 rings (SSSR count). The summed E-state index contributed by atoms with van der Waals surface area (Å²) in [5.74, 6) is -1.52. The van der Waals surface area contributed by atoms with Crippen molar-refractivity contribution in [3.05, 3.63) is 45.5 Å². The summed E-state index contributed by atoms with van der Waals surface area (Å²) in [7, 11) is 0. The molecule has 1 aromatic carbocycles. The van der Waals surface area contributed by atoms with Crippen molar-refractivity contribution in [1.29, 1.82) is 10.5 Å². The third-order valence-corrected chi connectivity index (χ3v) is 3.52. The summed E-state index contributed by atoms with van der Waals surface area (Å²) in [6, 6.07) is 7.54. The molecule has 7 nitrogen and oxygen atoms in total. The van der Waals surface area contributed by atoms with Crippen LogP contribution in [-0.2, 0) is 6.18 Å². The van der Waals surface area contributed by atoms with Crippen molar-refractivity contribution in [2.45, 2.75) is 6.18 Å². The number of nitrogen functional groups attached to an aromatic ring is 1. The molecule has 0 spiro atoms. The minimum Gasteiger partial charge on any atom is -0.384 e. The van der Waals surface area contributed by atoms with Crippen molar-refractivity contribution < 1.29 is 13.2 Å². The highest BCUT2D eigenvalue weighted by atomic mass is 19.4. The van der Waals surface area contributed by atoms with Gasteiger partial charge in [-0.3, -0.25) is 4.79 Å². The van der Waals surface area contributed by atoms with E-state index < -0.39 is 23.1 Å². The van der Waals surface area contributed by atoms with E-state index in [1.54, 1.807) is 12.1 Å². The topological polar surface area (TPSA) is 135 Å². The highest BCUT2D eigenvalue weighted by Crippen LogP contribution is 2.35. The molecule has 0 fully saturated rings. The van der Waals surface area contributed by atoms with Crippen LogP contribution in [-0.4, -0.2) is 15.0 Å². The van der Waals surface area contributed by atoms with Gasteiger partial charge in [-0.1, -0.05) is 12.1 Å². The normalized spacial score (nSPS) is 11.2. The molecular formula is C15H7F3N6O. The van der Waals surface area contributed by atoms with Crippen molar-refractivity contribution >= 4 is 16.9 Å². The lowest BCUT2D eigenvalue weighted by molar-refractivity contribution is -0.144. The highest BCUT2D eigenvalue weighted by Gasteiger charge is 2.35. The number of anilines is 1. The van der Waals surface area contributed by atoms with Crippen molar-refractivity contribution in [3.8, 4) is 23.3 Å². The van der Waals surface area contributed by atoms with Crippen molar-refractivity contribution in [2.24, 2.45) is 0 Å². The Hall–Kier alpha value is -3.79. The summed E-state index contributed by atoms with van der Waals surface area (Å²) in [5, 5.41) is 18.6. The molecule has 0 radical (unpaired) electrons. The molecule has 2 aromatic heterocycles. The molecular weight excluding hydrogens is 337 g/mol. The number of alkyl halides is 3. The second-order valence-corrected chi connectivity index (χ2v) is 5.00. The van der Waals surface area contributed by atoms with Crippen LogP contribution in [0.3, 0.4) is 0 Å². The van der Waals surface area contributed by atoms with E-state index in [1.165, 1.54) is 18.2 Å². The Labute approximate surface area is 137 Å². The molecule has 0 saturated heterocycles. The lowest BCUT2D eigenvalue weighted by Gasteiger charge is -2.09. The van der Waals surface area contributed by atoms with E-state index in [9.17, 15) is 28.5 Å². The van der Waals surface area contributed by atoms with Crippen LogP contribution in [0.25, 0.3) is 22.2 Å². The average Bonchev–Trinajstić information content (AvgIpc) is 2.98. The predicted octanol–water partition coefficient (Wildman–Crippen LogP) is 2.26. The first-order valence-corrected chi connectivity index (χ1v) is 6.70. The fraction of sp³-hybridized carbons (Fsp3) is 0.0667. The fourth-order valence-corrected chi connectivity index (χ4v) is 2.48. The molecule has 0 unspecified atom stereocenters. The zero-order chi connectivity index (χ0) is 18.4. The first-order chi connectivity index (χ1) is 11.8. The zero-order valence-electron chi connectivity index (χ0n) is 12.2. The van der Waals surface area contributed by atoms with Crippen LogP contribution in [0.1, 0.15) is 17.0 Å². The minimum atomic E-state index is -4.71. The molecule has 0 aliphatic rings. The summed E-state index contributed by atoms with van der Waals surface area (Å²) in [6.45, 7) is 0. The molecule has 0 atom stereocenters. The van der Waals surface area contributed by atoms with Gasteiger partial charge in [-0.25, -0.2) is 4.98 Å². The average molecular weight is 344 g/mol. The molecule has 0 aliphatic heterocycles. The first-order valence-electron chi connectivity index (χ1n) is 6.70. The number of halogens is 3. The van der Waals surface area contributed by atoms with E-state index in [-0.39, 0.29) is 33.5 Å². The van der Waals surface area contributed by atoms with Crippen molar-refractivity contribution in [1.82, 2.24) is 15.0 Å². The number of hydrogen-bond acceptors (Lipinski definition) is 5. The standard InChI is InChI=1S/C15H7F3N6O/c16-15(17,18)14-22-9-3-1-2-6(11(9)23-14)10-7(4-19)12(21)24-13(25)8(10)5-20/h1-3H,(H,22,23)(H3,21,24,25). The summed E-state index contributed by atoms with van der Waals surface area (Å²) < 4.78 is 38.7. The molecule has 0 saturated carbocycles. The van der Waals surface area contributed by atoms with Gasteiger partial charge in [0.25, 0.3) is 5.56 Å². The third-order valence-electron chi connectivity index (χ3n) is 3.52. The van der Waals surface area contributed by atoms with Gasteiger partial charge in [0.15, 0.2) is 0 Å². The Bertz CT molecular complexity index is 1140. The maximum Gasteiger partial charge on any atom is 0.449 e. The Kier molecular flexibility index (Phi) is 3.46. The number of imidazole rings is 1. The number of nitrogens with one attached hydrogen (secondary N) is 2. The maximum atomic E-state index is 12.9. The van der Waals surface area contributed by atoms with Crippen molar-refractivity contribution in [3.63, 3.8) is 0 Å². The molecule has 25 heavy (non-hydrogen) atoms. The summed E-state index contributed by atoms with van der Waals surface area (Å²) in [5.41, 5.74) is 3.88. The number of fused-ring (bicyclic) bond motifs is 1. The van der Waals surface area contributed by atoms with Gasteiger partial charge in [0, 0.05) is 11.1 Å². The number of nitrogens with zero attached hydrogens (tertiary/aromatic N) is 3. The van der Waals surface area contributed by atoms with E-state index in [0.29, 0.717) is 0 Å². The van der Waals surface area contributed by atoms with Gasteiger partial charge in [0.1, 0.15) is 29.1 Å². The second-order valence-electron chi connectivity index (χ2n) is 5.00. The number of rotatable bonds is 1. The number of pyridine rings is 1. The Balaban J connectivity index is 2.47. The Morgan fingerprint density at radius 1 is 1.12 bits per heavy atom. The number of aromatic amines is 2. The molecule has 3 aromatic rings. The number of aromatic nitrogens is 3. The van der Waals surface area contributed by atoms with Crippen molar-refractivity contribution in [2.75, 3.05) is 5.73 Å². The number of benzene rings is 1. The van der Waals surface area contributed by atoms with Gasteiger partial charge in [-0.05, 0) is 6.07 Å². The van der Waals surface area contributed by atoms with Crippen LogP contribution in [0.5, 0.6) is 0 Å². The molecule has 0 bridgehead atoms. The van der Waals surface area contributed by atoms with E-state index in [2.05, 4.69) is 15.0 Å². The molecule has 0 amide bonds. The van der Waals surface area contributed by atoms with Gasteiger partial charge >= 0.3 is 6.18 Å². The Morgan fingerprint density at radius 3 is 2.40 bits per heavy atom. The molecule has 2 heterocycles. The highest BCUT2D eigenvalue weighted by molar-refractivity contribution is 5.96. The molecule has 10 heteroatoms. The predicted molar refractivity (Wildman–Crippen MR) is 81.0 cm³/mol. The number of para-hydroxylation sites is 1. The smallest absolute Gasteiger partial charge is 0.384 e. The molecule has 0 aliphatic carbocycles. The van der Waals surface area contributed by atoms with Gasteiger partial charge in [0.05, 0.1) is 11.0 Å². The number of hydrogen-bond donors (Lipinski definition) is 3. The lowest BCUT2D eigenvalue weighted by Crippen LogP contribution is -2.16. The van der Waals surface area contributed by atoms with Crippen LogP contribution >= 0.6 is 0 Å². The first kappa shape index (κ1) is 16.1. The van der Waals surface area contributed by atoms with Gasteiger partial charge in [0.2, 0.25) is 5.82 Å². The van der Waals surface area contributed by atoms with E-state index >= 15 is 0 Å². The quantitative estimate of drug-likeness (QED) is 0.622. The summed E-state index contributed by atoms with van der Waals surface area (Å²) in [6.07, 6.45) is -4.71. The second kappa shape index (κ2) is 5.39. The van der Waals surface area contributed by atoms with Crippen LogP contribution in [0, 0.1) is 22.7 Å². The number of H-pyrrole nitrogens is 2. The van der Waals surface area contributed by atoms with Crippen LogP contribution in [0.4, 0.5) is 19.0 Å². The minimum absolute atomic E-state index is 0.0233. The fourth-order valence-electron chi connectivity index (χ4n) is 2.48. The maximum absolute atomic E-state index is 12.9. The van der Waals surface area contributed by atoms with Gasteiger partial charge < -0.3 is 15.7 Å². The SMILES string of the molecule is N#Cc1c(N)[nH]c(=O)c(C#N)c1-c1cccc2[nH]c(C(F)(F)F)nc12. The summed E-state index contributed by atoms with van der Waals surface area (Å²) >= 11 is 0. The molecule has 124 valence electrons. The van der Waals surface area contributed by atoms with Gasteiger partial charge in [-0.15, -0.1) is 0 Å². The van der Waals surface area contributed by atoms with E-state index in [0.717, 1.165) is 0 Å². The Morgan fingerprint density at radius 2 is 1.80 bits per heavy atom. The summed E-state index contributed by atoms with van der Waals surface area (Å²) in [4.78, 5) is 19.8. The van der Waals surface area contributed by atoms with Crippen LogP contribution < -0.4 is 11.3 Å². The number of nitriles is 2. The number of nitrogens with two attached hydrogens (primary N) is 1. The van der Waals surface area contributed by atoms with E-state index in [1.807, 2.05) is 0 Å². The lowest BCUT2D eigenvalue weighted by atomic mass is 9.95. The van der Waals surface area contributed by atoms with Crippen LogP contribution in [0.15, 0.2) is 23.0 Å². The molecule has 4 N–H and O–H groups in total.